The van der Waals surface area contributed by atoms with Crippen LogP contribution in [0.4, 0.5) is 0 Å². The number of hydrogen-bond acceptors (Lipinski definition) is 7. The van der Waals surface area contributed by atoms with Crippen molar-refractivity contribution in [3.05, 3.63) is 0 Å². The number of fused-ring (bicyclic) bond motifs is 16. The molecule has 1 aliphatic heterocycles. The maximum Gasteiger partial charge on any atom is 0.317 e. The second-order valence-corrected chi connectivity index (χ2v) is 12.3. The topological polar surface area (TPSA) is 112 Å². The maximum absolute atomic E-state index is 14.6. The Morgan fingerprint density at radius 1 is 0.562 bits per heavy atom. The van der Waals surface area contributed by atoms with Gasteiger partial charge in [-0.1, -0.05) is 27.7 Å². The first kappa shape index (κ1) is 19.3. The van der Waals surface area contributed by atoms with E-state index in [1.54, 1.807) is 0 Å². The van der Waals surface area contributed by atoms with Crippen LogP contribution in [0.2, 0.25) is 0 Å². The average Bonchev–Trinajstić information content (AvgIpc) is 3.52. The number of esters is 2. The summed E-state index contributed by atoms with van der Waals surface area (Å²) in [7, 11) is 0. The van der Waals surface area contributed by atoms with E-state index in [1.807, 2.05) is 27.7 Å². The number of rotatable bonds is 0. The summed E-state index contributed by atoms with van der Waals surface area (Å²) in [6.07, 6.45) is 0.917. The predicted octanol–water partition coefficient (Wildman–Crippen LogP) is 1.55. The summed E-state index contributed by atoms with van der Waals surface area (Å²) in [5, 5.41) is 0. The summed E-state index contributed by atoms with van der Waals surface area (Å²) < 4.78 is 4.97. The molecule has 0 N–H and O–H groups in total. The molecular formula is C25H26O7. The third-order valence-electron chi connectivity index (χ3n) is 12.4. The number of carbonyl (C=O) groups excluding carboxylic acids is 6. The van der Waals surface area contributed by atoms with Gasteiger partial charge in [-0.05, 0) is 36.5 Å². The highest BCUT2D eigenvalue weighted by Crippen LogP contribution is 2.83. The highest BCUT2D eigenvalue weighted by Gasteiger charge is 2.89. The molecule has 4 bridgehead atoms. The lowest BCUT2D eigenvalue weighted by atomic mass is 9.34. The van der Waals surface area contributed by atoms with E-state index in [0.717, 1.165) is 0 Å². The van der Waals surface area contributed by atoms with E-state index in [1.165, 1.54) is 0 Å². The molecule has 0 radical (unpaired) electrons. The van der Waals surface area contributed by atoms with E-state index in [4.69, 9.17) is 4.74 Å². The Labute approximate surface area is 185 Å². The van der Waals surface area contributed by atoms with Gasteiger partial charge in [0.05, 0.1) is 18.3 Å². The zero-order valence-electron chi connectivity index (χ0n) is 18.6. The molecule has 0 unspecified atom stereocenters. The van der Waals surface area contributed by atoms with E-state index in [9.17, 15) is 28.8 Å². The molecule has 0 aromatic carbocycles. The van der Waals surface area contributed by atoms with Crippen molar-refractivity contribution in [2.75, 3.05) is 0 Å². The highest BCUT2D eigenvalue weighted by molar-refractivity contribution is 6.15. The van der Waals surface area contributed by atoms with Crippen LogP contribution in [-0.2, 0) is 33.5 Å². The molecule has 0 aromatic rings. The third-order valence-corrected chi connectivity index (χ3v) is 12.4. The van der Waals surface area contributed by atoms with Crippen molar-refractivity contribution in [3.63, 3.8) is 0 Å². The van der Waals surface area contributed by atoms with Gasteiger partial charge >= 0.3 is 11.9 Å². The van der Waals surface area contributed by atoms with Crippen molar-refractivity contribution < 1.29 is 33.5 Å². The van der Waals surface area contributed by atoms with Crippen LogP contribution in [0.15, 0.2) is 0 Å². The summed E-state index contributed by atoms with van der Waals surface area (Å²) in [4.78, 5) is 80.0. The van der Waals surface area contributed by atoms with Crippen LogP contribution in [0.3, 0.4) is 0 Å². The van der Waals surface area contributed by atoms with Crippen molar-refractivity contribution in [3.8, 4) is 0 Å². The number of ether oxygens (including phenoxy) is 1. The van der Waals surface area contributed by atoms with E-state index in [2.05, 4.69) is 0 Å². The maximum atomic E-state index is 14.6. The molecule has 1 heterocycles. The molecule has 1 saturated heterocycles. The Kier molecular flexibility index (Phi) is 2.93. The molecule has 7 aliphatic rings. The van der Waals surface area contributed by atoms with Crippen molar-refractivity contribution in [1.29, 1.82) is 0 Å². The minimum Gasteiger partial charge on any atom is -0.393 e. The van der Waals surface area contributed by atoms with Crippen LogP contribution >= 0.6 is 0 Å². The Balaban J connectivity index is 1.46. The lowest BCUT2D eigenvalue weighted by Crippen LogP contribution is -2.74. The second-order valence-electron chi connectivity index (χ2n) is 12.3. The van der Waals surface area contributed by atoms with Gasteiger partial charge in [-0.15, -0.1) is 0 Å². The fraction of sp³-hybridized carbons (Fsp3) is 0.760. The van der Waals surface area contributed by atoms with Crippen LogP contribution in [0.25, 0.3) is 0 Å². The van der Waals surface area contributed by atoms with Crippen molar-refractivity contribution >= 4 is 35.1 Å². The Morgan fingerprint density at radius 3 is 1.22 bits per heavy atom. The van der Waals surface area contributed by atoms with Gasteiger partial charge in [-0.25, -0.2) is 0 Å². The van der Waals surface area contributed by atoms with Crippen LogP contribution < -0.4 is 0 Å². The lowest BCUT2D eigenvalue weighted by Gasteiger charge is -2.65. The van der Waals surface area contributed by atoms with Gasteiger partial charge in [0.25, 0.3) is 0 Å². The highest BCUT2D eigenvalue weighted by atomic mass is 16.6. The Morgan fingerprint density at radius 2 is 0.875 bits per heavy atom. The van der Waals surface area contributed by atoms with Crippen LogP contribution in [0, 0.1) is 69.0 Å². The first-order chi connectivity index (χ1) is 14.9. The third kappa shape index (κ3) is 1.39. The summed E-state index contributed by atoms with van der Waals surface area (Å²) in [6, 6.07) is 0. The molecule has 168 valence electrons. The molecule has 32 heavy (non-hydrogen) atoms. The molecule has 7 heteroatoms. The quantitative estimate of drug-likeness (QED) is 0.417. The first-order valence-electron chi connectivity index (χ1n) is 11.8. The van der Waals surface area contributed by atoms with Gasteiger partial charge < -0.3 is 4.74 Å². The second kappa shape index (κ2) is 4.85. The van der Waals surface area contributed by atoms with E-state index >= 15 is 0 Å². The molecule has 12 atom stereocenters. The van der Waals surface area contributed by atoms with Crippen LogP contribution in [-0.4, -0.2) is 35.1 Å². The van der Waals surface area contributed by atoms with Crippen molar-refractivity contribution in [2.24, 2.45) is 69.0 Å². The SMILES string of the molecule is C[C@@]12C(=O)[C@]3(C)[C@H]4C[C@H]([C@@H]5C(=O)CC(=O)[C@@H]54)[C@]3(C)C(=O)[C@]1(C)[C@@H]1C[C@H]2[C@H]2C(=O)OC(=O)[C@H]21. The molecule has 6 saturated carbocycles. The first-order valence-corrected chi connectivity index (χ1v) is 11.8. The van der Waals surface area contributed by atoms with Gasteiger partial charge in [0, 0.05) is 33.5 Å². The molecule has 0 aromatic heterocycles. The van der Waals surface area contributed by atoms with Gasteiger partial charge in [0.1, 0.15) is 23.1 Å². The summed E-state index contributed by atoms with van der Waals surface area (Å²) in [5.74, 6) is -5.20. The zero-order valence-corrected chi connectivity index (χ0v) is 18.6. The largest absolute Gasteiger partial charge is 0.393 e. The summed E-state index contributed by atoms with van der Waals surface area (Å²) >= 11 is 0. The number of Topliss-reactive ketones (excluding diaryl/α,β-unsaturated/α-hetero) is 4. The van der Waals surface area contributed by atoms with Crippen molar-refractivity contribution in [2.45, 2.75) is 47.0 Å². The fourth-order valence-corrected chi connectivity index (χ4v) is 10.9. The van der Waals surface area contributed by atoms with Crippen LogP contribution in [0.5, 0.6) is 0 Å². The van der Waals surface area contributed by atoms with Gasteiger partial charge in [0.15, 0.2) is 0 Å². The van der Waals surface area contributed by atoms with E-state index in [-0.39, 0.29) is 41.4 Å². The van der Waals surface area contributed by atoms with Gasteiger partial charge in [-0.3, -0.25) is 28.8 Å². The summed E-state index contributed by atoms with van der Waals surface area (Å²) in [6.45, 7) is 7.33. The zero-order chi connectivity index (χ0) is 22.9. The standard InChI is InChI=1S/C25H26O7/c1-22-8-5-9(15-13(27)7-12(26)14(8)15)23(22,2)21(31)25(4)11-6-10(24(25,3)20(22)30)16-17(11)19(29)32-18(16)28/h8-11,14-17H,5-7H2,1-4H3/t8-,9+,10-,11+,14-,15+,16+,17-,22-,23+,24+,25-. The minimum atomic E-state index is -1.10. The average molecular weight is 438 g/mol. The Hall–Kier alpha value is -2.18. The number of carbonyl (C=O) groups is 6. The fourth-order valence-electron chi connectivity index (χ4n) is 10.9. The predicted molar refractivity (Wildman–Crippen MR) is 105 cm³/mol. The van der Waals surface area contributed by atoms with Crippen molar-refractivity contribution in [1.82, 2.24) is 0 Å². The Bertz CT molecular complexity index is 969. The van der Waals surface area contributed by atoms with Gasteiger partial charge in [0.2, 0.25) is 0 Å². The molecule has 7 nitrogen and oxygen atoms in total. The molecule has 6 aliphatic carbocycles. The van der Waals surface area contributed by atoms with Crippen LogP contribution in [0.1, 0.15) is 47.0 Å². The molecular weight excluding hydrogens is 412 g/mol. The molecule has 0 spiro atoms. The monoisotopic (exact) mass is 438 g/mol. The molecule has 7 fully saturated rings. The minimum absolute atomic E-state index is 0.0502. The molecule has 0 amide bonds. The van der Waals surface area contributed by atoms with E-state index in [0.29, 0.717) is 12.8 Å². The summed E-state index contributed by atoms with van der Waals surface area (Å²) in [5.41, 5.74) is -4.31. The number of hydrogen-bond donors (Lipinski definition) is 0. The lowest BCUT2D eigenvalue weighted by molar-refractivity contribution is -0.203. The smallest absolute Gasteiger partial charge is 0.317 e. The van der Waals surface area contributed by atoms with E-state index < -0.39 is 69.1 Å². The number of ketones is 4. The normalized spacial score (nSPS) is 61.2. The molecule has 7 rings (SSSR count). The number of cyclic esters (lactones) is 2. The van der Waals surface area contributed by atoms with Gasteiger partial charge in [-0.2, -0.15) is 0 Å².